The summed E-state index contributed by atoms with van der Waals surface area (Å²) in [5, 5.41) is 5.18. The van der Waals surface area contributed by atoms with E-state index in [1.165, 1.54) is 19.3 Å². The zero-order valence-corrected chi connectivity index (χ0v) is 18.0. The fourth-order valence-corrected chi connectivity index (χ4v) is 5.60. The minimum atomic E-state index is -0.397. The Labute approximate surface area is 176 Å². The fraction of sp³-hybridized carbons (Fsp3) is 0.478. The van der Waals surface area contributed by atoms with Gasteiger partial charge in [-0.3, -0.25) is 14.5 Å². The van der Waals surface area contributed by atoms with Crippen molar-refractivity contribution in [3.63, 3.8) is 0 Å². The van der Waals surface area contributed by atoms with Crippen LogP contribution in [0, 0.1) is 0 Å². The van der Waals surface area contributed by atoms with Gasteiger partial charge in [-0.1, -0.05) is 30.7 Å². The van der Waals surface area contributed by atoms with E-state index in [4.69, 9.17) is 0 Å². The van der Waals surface area contributed by atoms with E-state index >= 15 is 0 Å². The molecule has 0 radical (unpaired) electrons. The van der Waals surface area contributed by atoms with Gasteiger partial charge in [0.25, 0.3) is 5.91 Å². The van der Waals surface area contributed by atoms with Crippen LogP contribution in [0.4, 0.5) is 0 Å². The molecule has 2 aliphatic heterocycles. The molecule has 2 aliphatic rings. The van der Waals surface area contributed by atoms with E-state index in [-0.39, 0.29) is 17.9 Å². The fourth-order valence-electron chi connectivity index (χ4n) is 4.69. The second-order valence-corrected chi connectivity index (χ2v) is 9.09. The van der Waals surface area contributed by atoms with Gasteiger partial charge in [-0.25, -0.2) is 0 Å². The molecule has 6 heteroatoms. The van der Waals surface area contributed by atoms with Gasteiger partial charge in [-0.2, -0.15) is 0 Å². The zero-order chi connectivity index (χ0) is 20.4. The van der Waals surface area contributed by atoms with Gasteiger partial charge in [0.2, 0.25) is 5.91 Å². The molecular weight excluding hydrogens is 382 g/mol. The SMILES string of the molecule is C[C@@H]1CCCCN1CCNC(=O)[C@@H]1c2ccccc2C(=O)N(C)[C@H]1c1cccs1. The number of carbonyl (C=O) groups is 2. The maximum atomic E-state index is 13.4. The minimum absolute atomic E-state index is 0.000127. The lowest BCUT2D eigenvalue weighted by molar-refractivity contribution is -0.124. The van der Waals surface area contributed by atoms with Crippen molar-refractivity contribution >= 4 is 23.2 Å². The Bertz CT molecular complexity index is 867. The predicted octanol–water partition coefficient (Wildman–Crippen LogP) is 3.65. The van der Waals surface area contributed by atoms with Crippen molar-refractivity contribution < 1.29 is 9.59 Å². The summed E-state index contributed by atoms with van der Waals surface area (Å²) < 4.78 is 0. The Morgan fingerprint density at radius 3 is 2.79 bits per heavy atom. The Morgan fingerprint density at radius 1 is 1.21 bits per heavy atom. The highest BCUT2D eigenvalue weighted by atomic mass is 32.1. The first kappa shape index (κ1) is 20.1. The van der Waals surface area contributed by atoms with Crippen molar-refractivity contribution in [2.75, 3.05) is 26.7 Å². The molecule has 0 bridgehead atoms. The molecule has 3 atom stereocenters. The number of amides is 2. The number of carbonyl (C=O) groups excluding carboxylic acids is 2. The number of fused-ring (bicyclic) bond motifs is 1. The topological polar surface area (TPSA) is 52.7 Å². The van der Waals surface area contributed by atoms with Crippen LogP contribution >= 0.6 is 11.3 Å². The first-order valence-corrected chi connectivity index (χ1v) is 11.4. The molecule has 2 amide bonds. The second kappa shape index (κ2) is 8.67. The third-order valence-electron chi connectivity index (χ3n) is 6.34. The summed E-state index contributed by atoms with van der Waals surface area (Å²) in [6.07, 6.45) is 3.77. The molecule has 1 aromatic heterocycles. The first-order chi connectivity index (χ1) is 14.1. The molecule has 5 nitrogen and oxygen atoms in total. The van der Waals surface area contributed by atoms with Crippen LogP contribution in [0.2, 0.25) is 0 Å². The largest absolute Gasteiger partial charge is 0.354 e. The van der Waals surface area contributed by atoms with Gasteiger partial charge in [-0.05, 0) is 49.4 Å². The van der Waals surface area contributed by atoms with E-state index in [2.05, 4.69) is 17.1 Å². The van der Waals surface area contributed by atoms with Gasteiger partial charge in [0.15, 0.2) is 0 Å². The van der Waals surface area contributed by atoms with E-state index in [1.807, 2.05) is 41.8 Å². The summed E-state index contributed by atoms with van der Waals surface area (Å²) in [7, 11) is 1.80. The smallest absolute Gasteiger partial charge is 0.254 e. The van der Waals surface area contributed by atoms with Crippen molar-refractivity contribution in [3.05, 3.63) is 57.8 Å². The number of benzene rings is 1. The molecule has 0 unspecified atom stereocenters. The highest BCUT2D eigenvalue weighted by Crippen LogP contribution is 2.43. The lowest BCUT2D eigenvalue weighted by Crippen LogP contribution is -2.47. The van der Waals surface area contributed by atoms with Crippen molar-refractivity contribution in [1.29, 1.82) is 0 Å². The summed E-state index contributed by atoms with van der Waals surface area (Å²) in [5.74, 6) is -0.420. The number of rotatable bonds is 5. The monoisotopic (exact) mass is 411 g/mol. The molecule has 2 aromatic rings. The quantitative estimate of drug-likeness (QED) is 0.817. The summed E-state index contributed by atoms with van der Waals surface area (Å²) in [6.45, 7) is 4.89. The van der Waals surface area contributed by atoms with Crippen LogP contribution in [0.25, 0.3) is 0 Å². The van der Waals surface area contributed by atoms with Gasteiger partial charge in [0.1, 0.15) is 0 Å². The lowest BCUT2D eigenvalue weighted by Gasteiger charge is -2.39. The van der Waals surface area contributed by atoms with Crippen molar-refractivity contribution in [1.82, 2.24) is 15.1 Å². The molecule has 4 rings (SSSR count). The number of hydrogen-bond donors (Lipinski definition) is 1. The highest BCUT2D eigenvalue weighted by molar-refractivity contribution is 7.10. The third kappa shape index (κ3) is 3.96. The maximum absolute atomic E-state index is 13.4. The van der Waals surface area contributed by atoms with Crippen LogP contribution in [0.3, 0.4) is 0 Å². The summed E-state index contributed by atoms with van der Waals surface area (Å²) >= 11 is 1.60. The number of thiophene rings is 1. The van der Waals surface area contributed by atoms with Crippen molar-refractivity contribution in [3.8, 4) is 0 Å². The van der Waals surface area contributed by atoms with E-state index in [0.717, 1.165) is 23.5 Å². The van der Waals surface area contributed by atoms with Crippen LogP contribution in [0.15, 0.2) is 41.8 Å². The summed E-state index contributed by atoms with van der Waals surface area (Å²) in [6, 6.07) is 11.8. The van der Waals surface area contributed by atoms with Gasteiger partial charge in [0, 0.05) is 36.6 Å². The number of nitrogens with zero attached hydrogens (tertiary/aromatic N) is 2. The molecule has 1 aromatic carbocycles. The van der Waals surface area contributed by atoms with Crippen molar-refractivity contribution in [2.45, 2.75) is 44.2 Å². The predicted molar refractivity (Wildman–Crippen MR) is 116 cm³/mol. The molecule has 0 saturated carbocycles. The van der Waals surface area contributed by atoms with Gasteiger partial charge in [-0.15, -0.1) is 11.3 Å². The Balaban J connectivity index is 1.55. The molecule has 29 heavy (non-hydrogen) atoms. The van der Waals surface area contributed by atoms with E-state index in [1.54, 1.807) is 23.3 Å². The molecule has 1 N–H and O–H groups in total. The number of likely N-dealkylation sites (tertiary alicyclic amines) is 1. The Kier molecular flexibility index (Phi) is 6.01. The molecule has 1 fully saturated rings. The van der Waals surface area contributed by atoms with E-state index in [0.29, 0.717) is 18.2 Å². The molecule has 154 valence electrons. The number of likely N-dealkylation sites (N-methyl/N-ethyl adjacent to an activating group) is 1. The number of hydrogen-bond acceptors (Lipinski definition) is 4. The standard InChI is InChI=1S/C23H29N3O2S/c1-16-8-5-6-13-26(16)14-12-24-22(27)20-17-9-3-4-10-18(17)23(28)25(2)21(20)19-11-7-15-29-19/h3-4,7,9-11,15-16,20-21H,5-6,8,12-14H2,1-2H3,(H,24,27)/t16-,20-,21+/m1/s1. The van der Waals surface area contributed by atoms with Crippen LogP contribution < -0.4 is 5.32 Å². The second-order valence-electron chi connectivity index (χ2n) is 8.11. The van der Waals surface area contributed by atoms with Crippen LogP contribution in [0.1, 0.15) is 58.9 Å². The zero-order valence-electron chi connectivity index (χ0n) is 17.1. The van der Waals surface area contributed by atoms with Crippen molar-refractivity contribution in [2.24, 2.45) is 0 Å². The molecule has 3 heterocycles. The number of nitrogens with one attached hydrogen (secondary N) is 1. The number of piperidine rings is 1. The first-order valence-electron chi connectivity index (χ1n) is 10.5. The molecule has 1 saturated heterocycles. The van der Waals surface area contributed by atoms with Crippen LogP contribution in [-0.4, -0.2) is 54.3 Å². The molecule has 0 spiro atoms. The lowest BCUT2D eigenvalue weighted by atomic mass is 9.82. The minimum Gasteiger partial charge on any atom is -0.354 e. The average molecular weight is 412 g/mol. The third-order valence-corrected chi connectivity index (χ3v) is 7.28. The van der Waals surface area contributed by atoms with E-state index in [9.17, 15) is 9.59 Å². The van der Waals surface area contributed by atoms with Gasteiger partial charge >= 0.3 is 0 Å². The Morgan fingerprint density at radius 2 is 2.03 bits per heavy atom. The summed E-state index contributed by atoms with van der Waals surface area (Å²) in [4.78, 5) is 31.6. The van der Waals surface area contributed by atoms with Crippen LogP contribution in [0.5, 0.6) is 0 Å². The normalized spacial score (nSPS) is 25.0. The molecule has 0 aliphatic carbocycles. The van der Waals surface area contributed by atoms with Gasteiger partial charge in [0.05, 0.1) is 12.0 Å². The average Bonchev–Trinajstić information content (AvgIpc) is 3.26. The van der Waals surface area contributed by atoms with E-state index < -0.39 is 5.92 Å². The summed E-state index contributed by atoms with van der Waals surface area (Å²) in [5.41, 5.74) is 1.46. The maximum Gasteiger partial charge on any atom is 0.254 e. The molecular formula is C23H29N3O2S. The van der Waals surface area contributed by atoms with Gasteiger partial charge < -0.3 is 10.2 Å². The Hall–Kier alpha value is -2.18. The highest BCUT2D eigenvalue weighted by Gasteiger charge is 2.42. The van der Waals surface area contributed by atoms with Crippen LogP contribution in [-0.2, 0) is 4.79 Å².